The number of aryl methyl sites for hydroxylation is 1. The van der Waals surface area contributed by atoms with Crippen molar-refractivity contribution in [3.63, 3.8) is 0 Å². The lowest BCUT2D eigenvalue weighted by Gasteiger charge is -2.34. The molecule has 5 nitrogen and oxygen atoms in total. The van der Waals surface area contributed by atoms with Crippen LogP contribution in [0.25, 0.3) is 0 Å². The predicted molar refractivity (Wildman–Crippen MR) is 99.2 cm³/mol. The molecule has 3 rings (SSSR count). The quantitative estimate of drug-likeness (QED) is 0.844. The third-order valence-electron chi connectivity index (χ3n) is 4.82. The summed E-state index contributed by atoms with van der Waals surface area (Å²) in [6.45, 7) is 7.96. The number of benzene rings is 1. The molecule has 0 saturated carbocycles. The number of carbonyl (C=O) groups is 1. The van der Waals surface area contributed by atoms with E-state index in [1.165, 1.54) is 12.1 Å². The number of amides is 1. The topological polar surface area (TPSA) is 49.3 Å². The first kappa shape index (κ1) is 18.3. The Morgan fingerprint density at radius 1 is 1.23 bits per heavy atom. The third-order valence-corrected chi connectivity index (χ3v) is 4.82. The average Bonchev–Trinajstić information content (AvgIpc) is 2.77. The Kier molecular flexibility index (Phi) is 5.49. The Bertz CT molecular complexity index is 763. The van der Waals surface area contributed by atoms with Crippen LogP contribution in [-0.2, 0) is 11.3 Å². The molecular formula is C20H25FN4O. The van der Waals surface area contributed by atoms with Gasteiger partial charge >= 0.3 is 0 Å². The van der Waals surface area contributed by atoms with Gasteiger partial charge in [0.15, 0.2) is 0 Å². The van der Waals surface area contributed by atoms with Crippen molar-refractivity contribution in [2.24, 2.45) is 5.92 Å². The molecule has 1 amide bonds. The van der Waals surface area contributed by atoms with Gasteiger partial charge in [-0.25, -0.2) is 14.4 Å². The minimum Gasteiger partial charge on any atom is -0.338 e. The number of anilines is 1. The van der Waals surface area contributed by atoms with Crippen LogP contribution in [-0.4, -0.2) is 39.9 Å². The molecule has 1 aromatic heterocycles. The molecule has 1 saturated heterocycles. The monoisotopic (exact) mass is 356 g/mol. The van der Waals surface area contributed by atoms with E-state index in [4.69, 9.17) is 0 Å². The Hall–Kier alpha value is -2.50. The molecule has 1 unspecified atom stereocenters. The van der Waals surface area contributed by atoms with Crippen molar-refractivity contribution < 1.29 is 9.18 Å². The summed E-state index contributed by atoms with van der Waals surface area (Å²) < 4.78 is 13.2. The van der Waals surface area contributed by atoms with Crippen LogP contribution in [0.1, 0.15) is 31.5 Å². The molecule has 0 spiro atoms. The summed E-state index contributed by atoms with van der Waals surface area (Å²) >= 11 is 0. The van der Waals surface area contributed by atoms with Gasteiger partial charge in [-0.1, -0.05) is 26.0 Å². The van der Waals surface area contributed by atoms with Crippen molar-refractivity contribution in [1.29, 1.82) is 0 Å². The first-order valence-corrected chi connectivity index (χ1v) is 9.02. The van der Waals surface area contributed by atoms with Crippen LogP contribution >= 0.6 is 0 Å². The highest BCUT2D eigenvalue weighted by Crippen LogP contribution is 2.23. The fourth-order valence-electron chi connectivity index (χ4n) is 3.31. The van der Waals surface area contributed by atoms with Crippen LogP contribution in [0.4, 0.5) is 10.3 Å². The van der Waals surface area contributed by atoms with Crippen molar-refractivity contribution in [2.45, 2.75) is 39.8 Å². The fraction of sp³-hybridized carbons (Fsp3) is 0.450. The zero-order chi connectivity index (χ0) is 18.7. The van der Waals surface area contributed by atoms with E-state index >= 15 is 0 Å². The van der Waals surface area contributed by atoms with Gasteiger partial charge in [0.1, 0.15) is 5.82 Å². The van der Waals surface area contributed by atoms with E-state index < -0.39 is 0 Å². The minimum atomic E-state index is -0.265. The van der Waals surface area contributed by atoms with E-state index in [-0.39, 0.29) is 23.7 Å². The Morgan fingerprint density at radius 2 is 1.96 bits per heavy atom. The molecule has 1 aromatic carbocycles. The summed E-state index contributed by atoms with van der Waals surface area (Å²) in [6, 6.07) is 8.27. The Balaban J connectivity index is 1.85. The highest BCUT2D eigenvalue weighted by Gasteiger charge is 2.32. The van der Waals surface area contributed by atoms with E-state index in [0.29, 0.717) is 32.0 Å². The van der Waals surface area contributed by atoms with Crippen molar-refractivity contribution in [3.8, 4) is 0 Å². The van der Waals surface area contributed by atoms with Gasteiger partial charge in [0.05, 0.1) is 6.04 Å². The van der Waals surface area contributed by atoms with Crippen LogP contribution in [0.3, 0.4) is 0 Å². The van der Waals surface area contributed by atoms with Crippen molar-refractivity contribution in [1.82, 2.24) is 14.9 Å². The lowest BCUT2D eigenvalue weighted by Crippen LogP contribution is -2.46. The minimum absolute atomic E-state index is 0.0409. The second-order valence-corrected chi connectivity index (χ2v) is 7.15. The molecule has 1 fully saturated rings. The SMILES string of the molecule is Cc1ccnc(N2CCC(=O)N(Cc3ccc(F)cc3)C(C(C)C)C2)n1. The molecule has 0 aliphatic carbocycles. The molecule has 2 heterocycles. The summed E-state index contributed by atoms with van der Waals surface area (Å²) in [5, 5.41) is 0. The van der Waals surface area contributed by atoms with Crippen LogP contribution < -0.4 is 4.90 Å². The van der Waals surface area contributed by atoms with Gasteiger partial charge in [-0.2, -0.15) is 0 Å². The summed E-state index contributed by atoms with van der Waals surface area (Å²) in [5.74, 6) is 0.805. The third kappa shape index (κ3) is 4.18. The van der Waals surface area contributed by atoms with E-state index in [2.05, 4.69) is 28.7 Å². The molecule has 138 valence electrons. The zero-order valence-corrected chi connectivity index (χ0v) is 15.5. The maximum Gasteiger partial charge on any atom is 0.225 e. The molecule has 6 heteroatoms. The molecule has 0 N–H and O–H groups in total. The number of carbonyl (C=O) groups excluding carboxylic acids is 1. The normalized spacial score (nSPS) is 18.3. The molecule has 1 aliphatic heterocycles. The largest absolute Gasteiger partial charge is 0.338 e. The van der Waals surface area contributed by atoms with Crippen molar-refractivity contribution in [3.05, 3.63) is 53.6 Å². The molecule has 0 bridgehead atoms. The highest BCUT2D eigenvalue weighted by atomic mass is 19.1. The van der Waals surface area contributed by atoms with Crippen LogP contribution in [0.5, 0.6) is 0 Å². The first-order valence-electron chi connectivity index (χ1n) is 9.02. The second kappa shape index (κ2) is 7.81. The summed E-state index contributed by atoms with van der Waals surface area (Å²) in [7, 11) is 0. The van der Waals surface area contributed by atoms with Crippen LogP contribution in [0.2, 0.25) is 0 Å². The molecule has 2 aromatic rings. The lowest BCUT2D eigenvalue weighted by atomic mass is 10.0. The number of hydrogen-bond acceptors (Lipinski definition) is 4. The highest BCUT2D eigenvalue weighted by molar-refractivity contribution is 5.77. The first-order chi connectivity index (χ1) is 12.4. The van der Waals surface area contributed by atoms with Gasteiger partial charge in [-0.15, -0.1) is 0 Å². The smallest absolute Gasteiger partial charge is 0.225 e. The summed E-state index contributed by atoms with van der Waals surface area (Å²) in [4.78, 5) is 25.8. The lowest BCUT2D eigenvalue weighted by molar-refractivity contribution is -0.134. The van der Waals surface area contributed by atoms with E-state index in [9.17, 15) is 9.18 Å². The molecule has 26 heavy (non-hydrogen) atoms. The molecular weight excluding hydrogens is 331 g/mol. The summed E-state index contributed by atoms with van der Waals surface area (Å²) in [5.41, 5.74) is 1.85. The number of nitrogens with zero attached hydrogens (tertiary/aromatic N) is 4. The van der Waals surface area contributed by atoms with Gasteiger partial charge < -0.3 is 9.80 Å². The van der Waals surface area contributed by atoms with Gasteiger partial charge in [-0.3, -0.25) is 4.79 Å². The van der Waals surface area contributed by atoms with Crippen LogP contribution in [0, 0.1) is 18.7 Å². The van der Waals surface area contributed by atoms with Gasteiger partial charge in [0.25, 0.3) is 0 Å². The van der Waals surface area contributed by atoms with Crippen LogP contribution in [0.15, 0.2) is 36.5 Å². The number of hydrogen-bond donors (Lipinski definition) is 0. The van der Waals surface area contributed by atoms with Gasteiger partial charge in [-0.05, 0) is 36.6 Å². The Labute approximate surface area is 153 Å². The van der Waals surface area contributed by atoms with E-state index in [1.807, 2.05) is 17.9 Å². The Morgan fingerprint density at radius 3 is 2.62 bits per heavy atom. The molecule has 1 aliphatic rings. The van der Waals surface area contributed by atoms with E-state index in [0.717, 1.165) is 11.3 Å². The molecule has 1 atom stereocenters. The zero-order valence-electron chi connectivity index (χ0n) is 15.5. The van der Waals surface area contributed by atoms with Gasteiger partial charge in [0, 0.05) is 37.9 Å². The number of rotatable bonds is 4. The van der Waals surface area contributed by atoms with Crippen molar-refractivity contribution >= 4 is 11.9 Å². The van der Waals surface area contributed by atoms with E-state index in [1.54, 1.807) is 18.3 Å². The second-order valence-electron chi connectivity index (χ2n) is 7.15. The number of aromatic nitrogens is 2. The standard InChI is InChI=1S/C20H25FN4O/c1-14(2)18-13-24(20-22-10-8-15(3)23-20)11-9-19(26)25(18)12-16-4-6-17(21)7-5-16/h4-8,10,14,18H,9,11-13H2,1-3H3. The van der Waals surface area contributed by atoms with Gasteiger partial charge in [0.2, 0.25) is 11.9 Å². The molecule has 0 radical (unpaired) electrons. The fourth-order valence-corrected chi connectivity index (χ4v) is 3.31. The average molecular weight is 356 g/mol. The van der Waals surface area contributed by atoms with Crippen molar-refractivity contribution in [2.75, 3.05) is 18.0 Å². The summed E-state index contributed by atoms with van der Waals surface area (Å²) in [6.07, 6.45) is 2.17. The maximum absolute atomic E-state index is 13.2. The maximum atomic E-state index is 13.2. The number of halogens is 1. The predicted octanol–water partition coefficient (Wildman–Crippen LogP) is 3.19.